The first-order valence-electron chi connectivity index (χ1n) is 2.01. The summed E-state index contributed by atoms with van der Waals surface area (Å²) in [6.07, 6.45) is 0. The van der Waals surface area contributed by atoms with Crippen LogP contribution >= 0.6 is 12.6 Å². The van der Waals surface area contributed by atoms with Crippen LogP contribution < -0.4 is 5.73 Å². The van der Waals surface area contributed by atoms with E-state index in [4.69, 9.17) is 5.26 Å². The van der Waals surface area contributed by atoms with Crippen LogP contribution in [0.3, 0.4) is 0 Å². The van der Waals surface area contributed by atoms with Crippen molar-refractivity contribution in [2.24, 2.45) is 11.7 Å². The molecule has 9 heavy (non-hydrogen) atoms. The Morgan fingerprint density at radius 1 is 1.67 bits per heavy atom. The summed E-state index contributed by atoms with van der Waals surface area (Å²) in [5, 5.41) is 7.23. The number of nitriles is 1. The van der Waals surface area contributed by atoms with Crippen LogP contribution in [0.2, 0.25) is 0 Å². The minimum Gasteiger partial charge on any atom is -0.368 e. The molecule has 0 aromatic heterocycles. The van der Waals surface area contributed by atoms with E-state index in [0.717, 1.165) is 0 Å². The molecule has 1 unspecified atom stereocenters. The van der Waals surface area contributed by atoms with E-state index in [1.807, 2.05) is 0 Å². The number of hydrogen-bond donors (Lipinski definition) is 2. The van der Waals surface area contributed by atoms with Gasteiger partial charge in [0.05, 0.1) is 6.07 Å². The van der Waals surface area contributed by atoms with E-state index in [-0.39, 0.29) is 0 Å². The van der Waals surface area contributed by atoms with Gasteiger partial charge in [-0.15, -0.1) is 12.6 Å². The molecule has 0 bridgehead atoms. The van der Waals surface area contributed by atoms with Gasteiger partial charge in [-0.1, -0.05) is 0 Å². The minimum atomic E-state index is -1.41. The number of primary amides is 1. The first-order chi connectivity index (χ1) is 4.09. The molecule has 2 N–H and O–H groups in total. The molecule has 1 amide bonds. The van der Waals surface area contributed by atoms with Crippen LogP contribution in [0.4, 0.5) is 0 Å². The van der Waals surface area contributed by atoms with Gasteiger partial charge in [-0.2, -0.15) is 5.26 Å². The standard InChI is InChI=1S/C4H4N2O2S/c5-1-2(3(6)7)4(8)9/h2H,(H2,6,7)(H,8,9). The van der Waals surface area contributed by atoms with Crippen molar-refractivity contribution in [3.05, 3.63) is 0 Å². The van der Waals surface area contributed by atoms with Gasteiger partial charge in [0.1, 0.15) is 0 Å². The first-order valence-corrected chi connectivity index (χ1v) is 2.46. The van der Waals surface area contributed by atoms with Crippen molar-refractivity contribution in [3.8, 4) is 6.07 Å². The molecule has 0 aromatic carbocycles. The molecule has 0 aliphatic heterocycles. The second-order valence-electron chi connectivity index (χ2n) is 1.30. The molecule has 0 radical (unpaired) electrons. The van der Waals surface area contributed by atoms with E-state index < -0.39 is 16.9 Å². The number of rotatable bonds is 2. The van der Waals surface area contributed by atoms with Crippen molar-refractivity contribution in [2.45, 2.75) is 0 Å². The topological polar surface area (TPSA) is 83.9 Å². The summed E-state index contributed by atoms with van der Waals surface area (Å²) in [7, 11) is 0. The zero-order valence-electron chi connectivity index (χ0n) is 4.37. The highest BCUT2D eigenvalue weighted by molar-refractivity contribution is 7.96. The summed E-state index contributed by atoms with van der Waals surface area (Å²) in [6.45, 7) is 0. The maximum absolute atomic E-state index is 10.2. The molecular weight excluding hydrogens is 140 g/mol. The summed E-state index contributed by atoms with van der Waals surface area (Å²) in [6, 6.07) is 1.40. The largest absolute Gasteiger partial charge is 0.368 e. The van der Waals surface area contributed by atoms with Crippen LogP contribution in [0.5, 0.6) is 0 Å². The molecule has 0 fully saturated rings. The van der Waals surface area contributed by atoms with Crippen LogP contribution in [-0.2, 0) is 9.59 Å². The summed E-state index contributed by atoms with van der Waals surface area (Å²) >= 11 is 3.25. The number of carbonyl (C=O) groups is 2. The Morgan fingerprint density at radius 3 is 2.11 bits per heavy atom. The molecule has 0 rings (SSSR count). The Labute approximate surface area is 57.0 Å². The molecule has 0 saturated carbocycles. The van der Waals surface area contributed by atoms with Gasteiger partial charge in [0, 0.05) is 0 Å². The minimum absolute atomic E-state index is 0.815. The lowest BCUT2D eigenvalue weighted by atomic mass is 10.2. The Morgan fingerprint density at radius 2 is 2.11 bits per heavy atom. The predicted molar refractivity (Wildman–Crippen MR) is 32.3 cm³/mol. The molecule has 0 aliphatic rings. The number of nitrogens with two attached hydrogens (primary N) is 1. The highest BCUT2D eigenvalue weighted by atomic mass is 32.1. The van der Waals surface area contributed by atoms with Crippen LogP contribution in [0.1, 0.15) is 0 Å². The van der Waals surface area contributed by atoms with Crippen molar-refractivity contribution in [1.82, 2.24) is 0 Å². The number of amides is 1. The smallest absolute Gasteiger partial charge is 0.243 e. The number of nitrogens with zero attached hydrogens (tertiary/aromatic N) is 1. The Bertz CT molecular complexity index is 169. The fourth-order valence-corrected chi connectivity index (χ4v) is 0.426. The quantitative estimate of drug-likeness (QED) is 0.388. The first kappa shape index (κ1) is 7.98. The number of hydrogen-bond acceptors (Lipinski definition) is 3. The van der Waals surface area contributed by atoms with Crippen LogP contribution in [-0.4, -0.2) is 11.0 Å². The Hall–Kier alpha value is -1.02. The normalized spacial score (nSPS) is 11.6. The van der Waals surface area contributed by atoms with Crippen LogP contribution in [0.15, 0.2) is 0 Å². The third-order valence-electron chi connectivity index (χ3n) is 0.661. The van der Waals surface area contributed by atoms with E-state index in [2.05, 4.69) is 18.4 Å². The third kappa shape index (κ3) is 2.15. The summed E-state index contributed by atoms with van der Waals surface area (Å²) < 4.78 is 0. The molecule has 4 nitrogen and oxygen atoms in total. The van der Waals surface area contributed by atoms with Crippen molar-refractivity contribution in [3.63, 3.8) is 0 Å². The molecule has 0 saturated heterocycles. The van der Waals surface area contributed by atoms with E-state index in [1.54, 1.807) is 0 Å². The Kier molecular flexibility index (Phi) is 2.74. The van der Waals surface area contributed by atoms with Crippen LogP contribution in [0, 0.1) is 17.2 Å². The van der Waals surface area contributed by atoms with Crippen molar-refractivity contribution < 1.29 is 9.59 Å². The molecule has 48 valence electrons. The maximum atomic E-state index is 10.2. The lowest BCUT2D eigenvalue weighted by Crippen LogP contribution is -2.26. The van der Waals surface area contributed by atoms with Gasteiger partial charge < -0.3 is 5.73 Å². The molecule has 0 heterocycles. The lowest BCUT2D eigenvalue weighted by molar-refractivity contribution is -0.125. The molecule has 0 aromatic rings. The highest BCUT2D eigenvalue weighted by Crippen LogP contribution is 1.97. The van der Waals surface area contributed by atoms with Gasteiger partial charge in [-0.25, -0.2) is 0 Å². The maximum Gasteiger partial charge on any atom is 0.243 e. The van der Waals surface area contributed by atoms with Gasteiger partial charge in [-0.3, -0.25) is 9.59 Å². The summed E-state index contributed by atoms with van der Waals surface area (Å²) in [4.78, 5) is 20.3. The summed E-state index contributed by atoms with van der Waals surface area (Å²) in [5.74, 6) is -2.37. The third-order valence-corrected chi connectivity index (χ3v) is 0.919. The van der Waals surface area contributed by atoms with Crippen molar-refractivity contribution in [1.29, 1.82) is 5.26 Å². The van der Waals surface area contributed by atoms with E-state index in [9.17, 15) is 9.59 Å². The van der Waals surface area contributed by atoms with Crippen LogP contribution in [0.25, 0.3) is 0 Å². The van der Waals surface area contributed by atoms with Gasteiger partial charge in [0.2, 0.25) is 11.0 Å². The monoisotopic (exact) mass is 144 g/mol. The van der Waals surface area contributed by atoms with E-state index >= 15 is 0 Å². The fraction of sp³-hybridized carbons (Fsp3) is 0.250. The van der Waals surface area contributed by atoms with Gasteiger partial charge in [-0.05, 0) is 0 Å². The fourth-order valence-electron chi connectivity index (χ4n) is 0.241. The average molecular weight is 144 g/mol. The average Bonchev–Trinajstić information content (AvgIpc) is 1.64. The van der Waals surface area contributed by atoms with Crippen molar-refractivity contribution in [2.75, 3.05) is 0 Å². The zero-order valence-corrected chi connectivity index (χ0v) is 5.26. The summed E-state index contributed by atoms with van der Waals surface area (Å²) in [5.41, 5.74) is 4.62. The van der Waals surface area contributed by atoms with Gasteiger partial charge in [0.25, 0.3) is 0 Å². The zero-order chi connectivity index (χ0) is 7.44. The van der Waals surface area contributed by atoms with Crippen molar-refractivity contribution >= 4 is 23.7 Å². The molecule has 0 aliphatic carbocycles. The second-order valence-corrected chi connectivity index (χ2v) is 1.74. The van der Waals surface area contributed by atoms with E-state index in [0.29, 0.717) is 0 Å². The molecular formula is C4H4N2O2S. The Balaban J connectivity index is 4.22. The predicted octanol–water partition coefficient (Wildman–Crippen LogP) is -0.932. The second kappa shape index (κ2) is 3.10. The molecule has 5 heteroatoms. The molecule has 1 atom stereocenters. The lowest BCUT2D eigenvalue weighted by Gasteiger charge is -1.93. The number of thiol groups is 1. The van der Waals surface area contributed by atoms with Gasteiger partial charge in [0.15, 0.2) is 5.92 Å². The van der Waals surface area contributed by atoms with E-state index in [1.165, 1.54) is 6.07 Å². The van der Waals surface area contributed by atoms with Gasteiger partial charge >= 0.3 is 0 Å². The molecule has 0 spiro atoms. The number of carbonyl (C=O) groups excluding carboxylic acids is 2. The highest BCUT2D eigenvalue weighted by Gasteiger charge is 2.19. The SMILES string of the molecule is N#CC(C(N)=O)C(=O)S.